The summed E-state index contributed by atoms with van der Waals surface area (Å²) in [5, 5.41) is 3.27. The molecule has 26 heavy (non-hydrogen) atoms. The molecule has 2 aliphatic rings. The molecule has 0 saturated carbocycles. The molecule has 0 aliphatic carbocycles. The molecule has 9 heteroatoms. The van der Waals surface area contributed by atoms with Gasteiger partial charge in [-0.3, -0.25) is 14.7 Å². The van der Waals surface area contributed by atoms with Gasteiger partial charge in [0.15, 0.2) is 5.96 Å². The number of rotatable bonds is 5. The second-order valence-electron chi connectivity index (χ2n) is 6.97. The summed E-state index contributed by atoms with van der Waals surface area (Å²) >= 11 is 0. The molecule has 1 N–H and O–H groups in total. The lowest BCUT2D eigenvalue weighted by atomic mass is 9.98. The second-order valence-corrected chi connectivity index (χ2v) is 6.97. The molecule has 2 rings (SSSR count). The van der Waals surface area contributed by atoms with E-state index in [0.717, 1.165) is 25.8 Å². The van der Waals surface area contributed by atoms with Crippen LogP contribution in [0.25, 0.3) is 0 Å². The van der Waals surface area contributed by atoms with Crippen LogP contribution in [0.15, 0.2) is 4.99 Å². The average Bonchev–Trinajstić information content (AvgIpc) is 3.01. The van der Waals surface area contributed by atoms with Gasteiger partial charge in [-0.2, -0.15) is 13.2 Å². The number of hydrogen-bond acceptors (Lipinski definition) is 4. The molecule has 0 aromatic heterocycles. The fraction of sp³-hybridized carbons (Fsp3) is 0.882. The monoisotopic (exact) mass is 378 g/mol. The van der Waals surface area contributed by atoms with Gasteiger partial charge >= 0.3 is 12.1 Å². The number of carbonyl (C=O) groups is 1. The molecule has 6 nitrogen and oxygen atoms in total. The van der Waals surface area contributed by atoms with E-state index in [1.54, 1.807) is 14.0 Å². The first-order valence-electron chi connectivity index (χ1n) is 9.23. The first kappa shape index (κ1) is 20.8. The predicted octanol–water partition coefficient (Wildman–Crippen LogP) is 1.72. The number of alkyl halides is 3. The van der Waals surface area contributed by atoms with Crippen LogP contribution >= 0.6 is 0 Å². The Morgan fingerprint density at radius 2 is 2.04 bits per heavy atom. The second kappa shape index (κ2) is 9.43. The SMILES string of the molecule is CCOC(=O)C1CCCN(C(=NC)NCC2CCN(CC(F)(F)F)C2)C1. The first-order chi connectivity index (χ1) is 12.3. The van der Waals surface area contributed by atoms with E-state index < -0.39 is 12.7 Å². The van der Waals surface area contributed by atoms with Crippen molar-refractivity contribution in [3.63, 3.8) is 0 Å². The number of halogens is 3. The summed E-state index contributed by atoms with van der Waals surface area (Å²) in [5.74, 6) is 0.537. The minimum Gasteiger partial charge on any atom is -0.466 e. The summed E-state index contributed by atoms with van der Waals surface area (Å²) < 4.78 is 42.6. The number of guanidine groups is 1. The van der Waals surface area contributed by atoms with Gasteiger partial charge in [0.05, 0.1) is 19.1 Å². The Morgan fingerprint density at radius 3 is 2.69 bits per heavy atom. The van der Waals surface area contributed by atoms with Crippen molar-refractivity contribution in [2.75, 3.05) is 52.9 Å². The summed E-state index contributed by atoms with van der Waals surface area (Å²) in [6.07, 6.45) is -1.71. The molecule has 150 valence electrons. The zero-order valence-electron chi connectivity index (χ0n) is 15.5. The summed E-state index contributed by atoms with van der Waals surface area (Å²) in [5.41, 5.74) is 0. The van der Waals surface area contributed by atoms with Crippen molar-refractivity contribution in [2.24, 2.45) is 16.8 Å². The van der Waals surface area contributed by atoms with Crippen LogP contribution in [-0.4, -0.2) is 80.8 Å². The number of carbonyl (C=O) groups excluding carboxylic acids is 1. The van der Waals surface area contributed by atoms with Crippen LogP contribution in [0.4, 0.5) is 13.2 Å². The topological polar surface area (TPSA) is 57.2 Å². The van der Waals surface area contributed by atoms with Crippen LogP contribution in [0.1, 0.15) is 26.2 Å². The lowest BCUT2D eigenvalue weighted by Gasteiger charge is -2.34. The summed E-state index contributed by atoms with van der Waals surface area (Å²) in [7, 11) is 1.68. The number of piperidine rings is 1. The fourth-order valence-corrected chi connectivity index (χ4v) is 3.67. The van der Waals surface area contributed by atoms with Crippen LogP contribution in [0.5, 0.6) is 0 Å². The van der Waals surface area contributed by atoms with Crippen molar-refractivity contribution in [1.82, 2.24) is 15.1 Å². The Balaban J connectivity index is 1.80. The number of ether oxygens (including phenoxy) is 1. The molecule has 0 amide bonds. The molecular formula is C17H29F3N4O2. The van der Waals surface area contributed by atoms with E-state index in [0.29, 0.717) is 38.7 Å². The molecule has 0 bridgehead atoms. The lowest BCUT2D eigenvalue weighted by Crippen LogP contribution is -2.49. The molecule has 2 heterocycles. The lowest BCUT2D eigenvalue weighted by molar-refractivity contribution is -0.149. The number of nitrogens with one attached hydrogen (secondary N) is 1. The smallest absolute Gasteiger partial charge is 0.401 e. The molecule has 0 aromatic carbocycles. The van der Waals surface area contributed by atoms with Crippen molar-refractivity contribution in [3.8, 4) is 0 Å². The van der Waals surface area contributed by atoms with Crippen molar-refractivity contribution in [3.05, 3.63) is 0 Å². The molecule has 0 aromatic rings. The number of esters is 1. The molecule has 2 saturated heterocycles. The average molecular weight is 378 g/mol. The zero-order chi connectivity index (χ0) is 19.2. The van der Waals surface area contributed by atoms with E-state index in [1.807, 2.05) is 4.90 Å². The molecule has 2 unspecified atom stereocenters. The third-order valence-corrected chi connectivity index (χ3v) is 4.87. The molecule has 2 aliphatic heterocycles. The minimum absolute atomic E-state index is 0.156. The standard InChI is InChI=1S/C17H29F3N4O2/c1-3-26-15(25)14-5-4-7-24(11-14)16(21-2)22-9-13-6-8-23(10-13)12-17(18,19)20/h13-14H,3-12H2,1-2H3,(H,21,22). The fourth-order valence-electron chi connectivity index (χ4n) is 3.67. The summed E-state index contributed by atoms with van der Waals surface area (Å²) in [4.78, 5) is 19.7. The third kappa shape index (κ3) is 6.34. The Morgan fingerprint density at radius 1 is 1.27 bits per heavy atom. The first-order valence-corrected chi connectivity index (χ1v) is 9.23. The number of nitrogens with zero attached hydrogens (tertiary/aromatic N) is 3. The van der Waals surface area contributed by atoms with E-state index in [-0.39, 0.29) is 17.8 Å². The Kier molecular flexibility index (Phi) is 7.55. The van der Waals surface area contributed by atoms with Gasteiger partial charge in [0.2, 0.25) is 0 Å². The molecule has 0 radical (unpaired) electrons. The van der Waals surface area contributed by atoms with Crippen LogP contribution < -0.4 is 5.32 Å². The number of likely N-dealkylation sites (tertiary alicyclic amines) is 2. The van der Waals surface area contributed by atoms with Gasteiger partial charge < -0.3 is 15.0 Å². The zero-order valence-corrected chi connectivity index (χ0v) is 15.5. The van der Waals surface area contributed by atoms with E-state index in [1.165, 1.54) is 4.90 Å². The van der Waals surface area contributed by atoms with Crippen LogP contribution in [0.3, 0.4) is 0 Å². The van der Waals surface area contributed by atoms with Crippen molar-refractivity contribution < 1.29 is 22.7 Å². The number of hydrogen-bond donors (Lipinski definition) is 1. The highest BCUT2D eigenvalue weighted by atomic mass is 19.4. The van der Waals surface area contributed by atoms with E-state index in [9.17, 15) is 18.0 Å². The van der Waals surface area contributed by atoms with Crippen LogP contribution in [0.2, 0.25) is 0 Å². The van der Waals surface area contributed by atoms with Gasteiger partial charge in [-0.1, -0.05) is 0 Å². The van der Waals surface area contributed by atoms with Gasteiger partial charge in [0.1, 0.15) is 0 Å². The van der Waals surface area contributed by atoms with Gasteiger partial charge in [0.25, 0.3) is 0 Å². The highest BCUT2D eigenvalue weighted by Gasteiger charge is 2.34. The van der Waals surface area contributed by atoms with E-state index in [4.69, 9.17) is 4.74 Å². The summed E-state index contributed by atoms with van der Waals surface area (Å²) in [6, 6.07) is 0. The normalized spacial score (nSPS) is 25.4. The maximum absolute atomic E-state index is 12.5. The summed E-state index contributed by atoms with van der Waals surface area (Å²) in [6.45, 7) is 4.19. The van der Waals surface area contributed by atoms with E-state index >= 15 is 0 Å². The number of aliphatic imine (C=N–C) groups is 1. The Labute approximate surface area is 152 Å². The maximum atomic E-state index is 12.5. The van der Waals surface area contributed by atoms with Gasteiger partial charge in [-0.25, -0.2) is 0 Å². The van der Waals surface area contributed by atoms with Gasteiger partial charge in [-0.15, -0.1) is 0 Å². The Bertz CT molecular complexity index is 499. The molecule has 0 spiro atoms. The van der Waals surface area contributed by atoms with Crippen molar-refractivity contribution in [2.45, 2.75) is 32.4 Å². The maximum Gasteiger partial charge on any atom is 0.401 e. The highest BCUT2D eigenvalue weighted by Crippen LogP contribution is 2.23. The molecule has 2 fully saturated rings. The highest BCUT2D eigenvalue weighted by molar-refractivity contribution is 5.81. The van der Waals surface area contributed by atoms with Crippen molar-refractivity contribution in [1.29, 1.82) is 0 Å². The Hall–Kier alpha value is -1.51. The van der Waals surface area contributed by atoms with Crippen LogP contribution in [0, 0.1) is 11.8 Å². The minimum atomic E-state index is -4.14. The largest absolute Gasteiger partial charge is 0.466 e. The van der Waals surface area contributed by atoms with Gasteiger partial charge in [-0.05, 0) is 38.6 Å². The van der Waals surface area contributed by atoms with Gasteiger partial charge in [0, 0.05) is 33.2 Å². The van der Waals surface area contributed by atoms with Crippen molar-refractivity contribution >= 4 is 11.9 Å². The third-order valence-electron chi connectivity index (χ3n) is 4.87. The molecule has 2 atom stereocenters. The van der Waals surface area contributed by atoms with Crippen LogP contribution in [-0.2, 0) is 9.53 Å². The van der Waals surface area contributed by atoms with E-state index in [2.05, 4.69) is 10.3 Å². The quantitative estimate of drug-likeness (QED) is 0.449. The predicted molar refractivity (Wildman–Crippen MR) is 92.9 cm³/mol. The molecular weight excluding hydrogens is 349 g/mol.